The first-order valence-electron chi connectivity index (χ1n) is 9.29. The van der Waals surface area contributed by atoms with Gasteiger partial charge in [0.15, 0.2) is 0 Å². The minimum Gasteiger partial charge on any atom is -0.378 e. The Morgan fingerprint density at radius 3 is 2.43 bits per heavy atom. The highest BCUT2D eigenvalue weighted by Crippen LogP contribution is 2.48. The summed E-state index contributed by atoms with van der Waals surface area (Å²) in [7, 11) is 0. The van der Waals surface area contributed by atoms with Crippen LogP contribution in [0.5, 0.6) is 0 Å². The van der Waals surface area contributed by atoms with Crippen molar-refractivity contribution in [3.63, 3.8) is 0 Å². The Morgan fingerprint density at radius 1 is 1.10 bits per heavy atom. The molecule has 21 heavy (non-hydrogen) atoms. The molecule has 3 aliphatic rings. The van der Waals surface area contributed by atoms with Gasteiger partial charge in [0.25, 0.3) is 0 Å². The van der Waals surface area contributed by atoms with Gasteiger partial charge in [0.1, 0.15) is 0 Å². The zero-order valence-corrected chi connectivity index (χ0v) is 13.9. The maximum atomic E-state index is 6.28. The van der Waals surface area contributed by atoms with Crippen molar-refractivity contribution in [3.05, 3.63) is 0 Å². The van der Waals surface area contributed by atoms with Gasteiger partial charge in [0.05, 0.1) is 6.10 Å². The van der Waals surface area contributed by atoms with E-state index in [4.69, 9.17) is 10.5 Å². The number of rotatable bonds is 4. The quantitative estimate of drug-likeness (QED) is 0.864. The topological polar surface area (TPSA) is 38.5 Å². The van der Waals surface area contributed by atoms with E-state index in [0.717, 1.165) is 26.0 Å². The van der Waals surface area contributed by atoms with Gasteiger partial charge in [0.2, 0.25) is 0 Å². The lowest BCUT2D eigenvalue weighted by molar-refractivity contribution is -0.0876. The normalized spacial score (nSPS) is 37.1. The van der Waals surface area contributed by atoms with Crippen LogP contribution in [-0.4, -0.2) is 42.8 Å². The average Bonchev–Trinajstić information content (AvgIpc) is 2.96. The van der Waals surface area contributed by atoms with E-state index in [-0.39, 0.29) is 5.54 Å². The van der Waals surface area contributed by atoms with E-state index in [0.29, 0.717) is 11.5 Å². The van der Waals surface area contributed by atoms with E-state index >= 15 is 0 Å². The van der Waals surface area contributed by atoms with Crippen molar-refractivity contribution in [2.24, 2.45) is 11.1 Å². The van der Waals surface area contributed by atoms with Crippen LogP contribution in [0.3, 0.4) is 0 Å². The highest BCUT2D eigenvalue weighted by molar-refractivity contribution is 5.00. The van der Waals surface area contributed by atoms with Crippen LogP contribution in [0.4, 0.5) is 0 Å². The molecule has 0 aromatic carbocycles. The molecule has 0 radical (unpaired) electrons. The lowest BCUT2D eigenvalue weighted by Gasteiger charge is -2.52. The van der Waals surface area contributed by atoms with Gasteiger partial charge in [0, 0.05) is 18.7 Å². The third kappa shape index (κ3) is 3.16. The van der Waals surface area contributed by atoms with Gasteiger partial charge < -0.3 is 10.5 Å². The number of nitrogens with two attached hydrogens (primary N) is 1. The summed E-state index contributed by atoms with van der Waals surface area (Å²) in [5.41, 5.74) is 7.22. The molecule has 0 amide bonds. The number of piperidine rings is 1. The predicted molar refractivity (Wildman–Crippen MR) is 87.4 cm³/mol. The molecular weight excluding hydrogens is 260 g/mol. The molecule has 0 aromatic heterocycles. The van der Waals surface area contributed by atoms with Gasteiger partial charge in [-0.2, -0.15) is 0 Å². The van der Waals surface area contributed by atoms with Crippen LogP contribution >= 0.6 is 0 Å². The van der Waals surface area contributed by atoms with Gasteiger partial charge in [-0.05, 0) is 63.5 Å². The molecule has 1 aliphatic carbocycles. The Morgan fingerprint density at radius 2 is 1.81 bits per heavy atom. The minimum atomic E-state index is 0.234. The largest absolute Gasteiger partial charge is 0.378 e. The summed E-state index contributed by atoms with van der Waals surface area (Å²) in [5, 5.41) is 0. The summed E-state index contributed by atoms with van der Waals surface area (Å²) in [6.45, 7) is 6.52. The van der Waals surface area contributed by atoms with E-state index in [1.54, 1.807) is 0 Å². The Balaban J connectivity index is 1.63. The minimum absolute atomic E-state index is 0.234. The molecule has 2 unspecified atom stereocenters. The zero-order chi connectivity index (χ0) is 14.8. The fourth-order valence-electron chi connectivity index (χ4n) is 5.19. The van der Waals surface area contributed by atoms with Gasteiger partial charge in [-0.1, -0.05) is 26.2 Å². The summed E-state index contributed by atoms with van der Waals surface area (Å²) in [4.78, 5) is 2.75. The van der Waals surface area contributed by atoms with Crippen LogP contribution in [0.15, 0.2) is 0 Å². The lowest BCUT2D eigenvalue weighted by atomic mass is 9.74. The molecule has 2 saturated heterocycles. The van der Waals surface area contributed by atoms with Crippen molar-refractivity contribution < 1.29 is 4.74 Å². The van der Waals surface area contributed by atoms with Crippen LogP contribution < -0.4 is 5.73 Å². The Kier molecular flexibility index (Phi) is 4.92. The molecule has 2 N–H and O–H groups in total. The maximum Gasteiger partial charge on any atom is 0.0593 e. The molecule has 3 rings (SSSR count). The van der Waals surface area contributed by atoms with Crippen molar-refractivity contribution in [3.8, 4) is 0 Å². The van der Waals surface area contributed by atoms with Crippen LogP contribution in [0.2, 0.25) is 0 Å². The number of likely N-dealkylation sites (tertiary alicyclic amines) is 1. The third-order valence-electron chi connectivity index (χ3n) is 6.68. The van der Waals surface area contributed by atoms with E-state index < -0.39 is 0 Å². The first-order valence-corrected chi connectivity index (χ1v) is 9.29. The first kappa shape index (κ1) is 15.8. The summed E-state index contributed by atoms with van der Waals surface area (Å²) in [6.07, 6.45) is 13.9. The van der Waals surface area contributed by atoms with Crippen molar-refractivity contribution in [1.82, 2.24) is 4.90 Å². The van der Waals surface area contributed by atoms with Crippen LogP contribution in [0.1, 0.15) is 71.1 Å². The molecule has 0 bridgehead atoms. The third-order valence-corrected chi connectivity index (χ3v) is 6.68. The van der Waals surface area contributed by atoms with E-state index in [9.17, 15) is 0 Å². The Labute approximate surface area is 130 Å². The van der Waals surface area contributed by atoms with Gasteiger partial charge in [-0.15, -0.1) is 0 Å². The van der Waals surface area contributed by atoms with Crippen molar-refractivity contribution >= 4 is 0 Å². The monoisotopic (exact) mass is 294 g/mol. The summed E-state index contributed by atoms with van der Waals surface area (Å²) < 4.78 is 5.98. The lowest BCUT2D eigenvalue weighted by Crippen LogP contribution is -2.61. The molecule has 3 fully saturated rings. The molecule has 1 saturated carbocycles. The van der Waals surface area contributed by atoms with E-state index in [1.165, 1.54) is 64.5 Å². The number of nitrogens with zero attached hydrogens (tertiary/aromatic N) is 1. The maximum absolute atomic E-state index is 6.28. The fraction of sp³-hybridized carbons (Fsp3) is 1.00. The van der Waals surface area contributed by atoms with Gasteiger partial charge in [-0.25, -0.2) is 0 Å². The van der Waals surface area contributed by atoms with Gasteiger partial charge >= 0.3 is 0 Å². The molecule has 1 spiro atoms. The second-order valence-corrected chi connectivity index (χ2v) is 7.86. The molecular formula is C18H34N2O. The highest BCUT2D eigenvalue weighted by Gasteiger charge is 2.45. The standard InChI is InChI=1S/C18H34N2O/c1-2-5-16-14-18(15-19,10-13-21-16)20-11-8-17(9-12-20)6-3-4-7-17/h16H,2-15,19H2,1H3. The number of hydrogen-bond acceptors (Lipinski definition) is 3. The summed E-state index contributed by atoms with van der Waals surface area (Å²) >= 11 is 0. The molecule has 3 heteroatoms. The van der Waals surface area contributed by atoms with E-state index in [2.05, 4.69) is 11.8 Å². The molecule has 2 heterocycles. The second kappa shape index (κ2) is 6.55. The van der Waals surface area contributed by atoms with E-state index in [1.807, 2.05) is 0 Å². The molecule has 3 nitrogen and oxygen atoms in total. The van der Waals surface area contributed by atoms with Crippen molar-refractivity contribution in [2.75, 3.05) is 26.2 Å². The zero-order valence-electron chi connectivity index (χ0n) is 13.9. The number of ether oxygens (including phenoxy) is 1. The van der Waals surface area contributed by atoms with Crippen LogP contribution in [-0.2, 0) is 4.74 Å². The second-order valence-electron chi connectivity index (χ2n) is 7.86. The van der Waals surface area contributed by atoms with Crippen molar-refractivity contribution in [1.29, 1.82) is 0 Å². The summed E-state index contributed by atoms with van der Waals surface area (Å²) in [5.74, 6) is 0. The fourth-order valence-corrected chi connectivity index (χ4v) is 5.19. The molecule has 2 aliphatic heterocycles. The summed E-state index contributed by atoms with van der Waals surface area (Å²) in [6, 6.07) is 0. The van der Waals surface area contributed by atoms with Crippen LogP contribution in [0, 0.1) is 5.41 Å². The molecule has 2 atom stereocenters. The van der Waals surface area contributed by atoms with Crippen molar-refractivity contribution in [2.45, 2.75) is 82.8 Å². The Bertz CT molecular complexity index is 328. The highest BCUT2D eigenvalue weighted by atomic mass is 16.5. The van der Waals surface area contributed by atoms with Crippen LogP contribution in [0.25, 0.3) is 0 Å². The number of hydrogen-bond donors (Lipinski definition) is 1. The Hall–Kier alpha value is -0.120. The smallest absolute Gasteiger partial charge is 0.0593 e. The molecule has 122 valence electrons. The first-order chi connectivity index (χ1) is 10.2. The SMILES string of the molecule is CCCC1CC(CN)(N2CCC3(CCCC3)CC2)CCO1. The van der Waals surface area contributed by atoms with Gasteiger partial charge in [-0.3, -0.25) is 4.90 Å². The predicted octanol–water partition coefficient (Wildman–Crippen LogP) is 3.32. The average molecular weight is 294 g/mol. The molecule has 0 aromatic rings.